The van der Waals surface area contributed by atoms with Gasteiger partial charge >= 0.3 is 0 Å². The first-order chi connectivity index (χ1) is 14.1. The maximum Gasteiger partial charge on any atom is 0.257 e. The number of nitrogens with one attached hydrogen (secondary N) is 3. The van der Waals surface area contributed by atoms with Gasteiger partial charge < -0.3 is 10.6 Å². The van der Waals surface area contributed by atoms with Crippen molar-refractivity contribution in [3.63, 3.8) is 0 Å². The Kier molecular flexibility index (Phi) is 13.1. The third-order valence-electron chi connectivity index (χ3n) is 4.93. The smallest absolute Gasteiger partial charge is 0.257 e. The highest BCUT2D eigenvalue weighted by Crippen LogP contribution is 2.18. The van der Waals surface area contributed by atoms with Crippen molar-refractivity contribution in [2.24, 2.45) is 0 Å². The molecule has 0 radical (unpaired) electrons. The number of hydrogen-bond donors (Lipinski definition) is 3. The molecule has 0 saturated heterocycles. The van der Waals surface area contributed by atoms with Crippen molar-refractivity contribution in [2.45, 2.75) is 51.0 Å². The summed E-state index contributed by atoms with van der Waals surface area (Å²) in [7, 11) is 0. The predicted molar refractivity (Wildman–Crippen MR) is 132 cm³/mol. The van der Waals surface area contributed by atoms with E-state index in [0.717, 1.165) is 13.0 Å². The van der Waals surface area contributed by atoms with E-state index in [4.69, 9.17) is 11.6 Å². The van der Waals surface area contributed by atoms with Crippen LogP contribution >= 0.6 is 47.8 Å². The number of nitrogens with zero attached hydrogens (tertiary/aromatic N) is 1. The second kappa shape index (κ2) is 14.6. The van der Waals surface area contributed by atoms with Crippen LogP contribution in [0, 0.1) is 0 Å². The van der Waals surface area contributed by atoms with Crippen LogP contribution in [0.2, 0.25) is 5.02 Å². The minimum Gasteiger partial charge on any atom is -0.356 e. The van der Waals surface area contributed by atoms with Crippen LogP contribution in [-0.2, 0) is 11.2 Å². The number of benzene rings is 1. The second-order valence-electron chi connectivity index (χ2n) is 7.27. The van der Waals surface area contributed by atoms with Gasteiger partial charge in [0.1, 0.15) is 0 Å². The van der Waals surface area contributed by atoms with E-state index in [1.807, 2.05) is 0 Å². The molecule has 1 aromatic carbocycles. The SMILES string of the molecule is Cl.Cl.O=C(Cc1csc(NC(=O)c2ccc(Cl)cc2)n1)NCCCNC1CCCCC1. The predicted octanol–water partition coefficient (Wildman–Crippen LogP) is 4.86. The van der Waals surface area contributed by atoms with E-state index in [0.29, 0.717) is 34.0 Å². The molecule has 1 aromatic heterocycles. The van der Waals surface area contributed by atoms with Crippen LogP contribution in [0.15, 0.2) is 29.6 Å². The number of rotatable bonds is 9. The summed E-state index contributed by atoms with van der Waals surface area (Å²) in [5.74, 6) is -0.305. The van der Waals surface area contributed by atoms with Crippen LogP contribution in [0.25, 0.3) is 0 Å². The molecule has 3 rings (SSSR count). The molecule has 0 unspecified atom stereocenters. The molecule has 1 aliphatic carbocycles. The van der Waals surface area contributed by atoms with Crippen LogP contribution < -0.4 is 16.0 Å². The van der Waals surface area contributed by atoms with Crippen molar-refractivity contribution in [3.8, 4) is 0 Å². The van der Waals surface area contributed by atoms with Crippen molar-refractivity contribution >= 4 is 64.7 Å². The lowest BCUT2D eigenvalue weighted by molar-refractivity contribution is -0.120. The molecule has 0 bridgehead atoms. The standard InChI is InChI=1S/C21H27ClN4O2S.2ClH/c22-16-9-7-15(8-10-16)20(28)26-21-25-18(14-29-21)13-19(27)24-12-4-11-23-17-5-2-1-3-6-17;;/h7-10,14,17,23H,1-6,11-13H2,(H,24,27)(H,25,26,28);2*1H. The van der Waals surface area contributed by atoms with Gasteiger partial charge in [0.05, 0.1) is 12.1 Å². The summed E-state index contributed by atoms with van der Waals surface area (Å²) in [5, 5.41) is 12.1. The summed E-state index contributed by atoms with van der Waals surface area (Å²) >= 11 is 7.14. The summed E-state index contributed by atoms with van der Waals surface area (Å²) in [6, 6.07) is 7.29. The van der Waals surface area contributed by atoms with Crippen molar-refractivity contribution in [1.29, 1.82) is 0 Å². The van der Waals surface area contributed by atoms with E-state index in [9.17, 15) is 9.59 Å². The Labute approximate surface area is 204 Å². The third kappa shape index (κ3) is 9.74. The molecular weight excluding hydrogens is 479 g/mol. The monoisotopic (exact) mass is 506 g/mol. The largest absolute Gasteiger partial charge is 0.356 e. The highest BCUT2D eigenvalue weighted by atomic mass is 35.5. The van der Waals surface area contributed by atoms with Gasteiger partial charge in [0, 0.05) is 28.6 Å². The van der Waals surface area contributed by atoms with Gasteiger partial charge in [-0.25, -0.2) is 4.98 Å². The molecule has 3 N–H and O–H groups in total. The van der Waals surface area contributed by atoms with E-state index in [1.54, 1.807) is 29.6 Å². The van der Waals surface area contributed by atoms with Gasteiger partial charge in [0.2, 0.25) is 5.91 Å². The quantitative estimate of drug-likeness (QED) is 0.423. The van der Waals surface area contributed by atoms with Crippen LogP contribution in [0.4, 0.5) is 5.13 Å². The Bertz CT molecular complexity index is 811. The summed E-state index contributed by atoms with van der Waals surface area (Å²) in [5.41, 5.74) is 1.16. The van der Waals surface area contributed by atoms with Crippen molar-refractivity contribution in [3.05, 3.63) is 45.9 Å². The molecule has 0 atom stereocenters. The van der Waals surface area contributed by atoms with Gasteiger partial charge in [-0.1, -0.05) is 30.9 Å². The van der Waals surface area contributed by atoms with Crippen molar-refractivity contribution in [1.82, 2.24) is 15.6 Å². The highest BCUT2D eigenvalue weighted by molar-refractivity contribution is 7.14. The van der Waals surface area contributed by atoms with Gasteiger partial charge in [-0.05, 0) is 50.1 Å². The molecule has 1 aliphatic rings. The van der Waals surface area contributed by atoms with Crippen molar-refractivity contribution < 1.29 is 9.59 Å². The lowest BCUT2D eigenvalue weighted by atomic mass is 9.95. The number of thiazole rings is 1. The molecule has 0 spiro atoms. The van der Waals surface area contributed by atoms with E-state index >= 15 is 0 Å². The minimum absolute atomic E-state index is 0. The average molecular weight is 508 g/mol. The van der Waals surface area contributed by atoms with Gasteiger partial charge in [-0.15, -0.1) is 36.2 Å². The number of carbonyl (C=O) groups excluding carboxylic acids is 2. The number of aromatic nitrogens is 1. The summed E-state index contributed by atoms with van der Waals surface area (Å²) in [6.07, 6.45) is 7.68. The van der Waals surface area contributed by atoms with Crippen LogP contribution in [0.5, 0.6) is 0 Å². The molecule has 2 amide bonds. The van der Waals surface area contributed by atoms with E-state index in [2.05, 4.69) is 20.9 Å². The topological polar surface area (TPSA) is 83.1 Å². The lowest BCUT2D eigenvalue weighted by Gasteiger charge is -2.22. The Morgan fingerprint density at radius 1 is 1.06 bits per heavy atom. The van der Waals surface area contributed by atoms with E-state index in [-0.39, 0.29) is 43.0 Å². The molecule has 1 heterocycles. The highest BCUT2D eigenvalue weighted by Gasteiger charge is 2.13. The number of halogens is 3. The van der Waals surface area contributed by atoms with Gasteiger partial charge in [-0.3, -0.25) is 14.9 Å². The molecule has 2 aromatic rings. The van der Waals surface area contributed by atoms with E-state index in [1.165, 1.54) is 43.4 Å². The molecule has 10 heteroatoms. The minimum atomic E-state index is -0.252. The number of anilines is 1. The zero-order chi connectivity index (χ0) is 20.5. The zero-order valence-electron chi connectivity index (χ0n) is 17.2. The number of carbonyl (C=O) groups is 2. The maximum atomic E-state index is 12.2. The Hall–Kier alpha value is -1.38. The molecular formula is C21H29Cl3N4O2S. The third-order valence-corrected chi connectivity index (χ3v) is 5.99. The lowest BCUT2D eigenvalue weighted by Crippen LogP contribution is -2.34. The average Bonchev–Trinajstić information content (AvgIpc) is 3.15. The molecule has 1 fully saturated rings. The summed E-state index contributed by atoms with van der Waals surface area (Å²) in [6.45, 7) is 1.59. The normalized spacial score (nSPS) is 13.6. The van der Waals surface area contributed by atoms with Gasteiger partial charge in [0.25, 0.3) is 5.91 Å². The summed E-state index contributed by atoms with van der Waals surface area (Å²) < 4.78 is 0. The maximum absolute atomic E-state index is 12.2. The summed E-state index contributed by atoms with van der Waals surface area (Å²) in [4.78, 5) is 28.6. The van der Waals surface area contributed by atoms with Crippen molar-refractivity contribution in [2.75, 3.05) is 18.4 Å². The molecule has 6 nitrogen and oxygen atoms in total. The van der Waals surface area contributed by atoms with Crippen LogP contribution in [-0.4, -0.2) is 35.9 Å². The first-order valence-electron chi connectivity index (χ1n) is 10.1. The fraction of sp³-hybridized carbons (Fsp3) is 0.476. The first-order valence-corrected chi connectivity index (χ1v) is 11.4. The molecule has 0 aliphatic heterocycles. The zero-order valence-corrected chi connectivity index (χ0v) is 20.4. The molecule has 31 heavy (non-hydrogen) atoms. The van der Waals surface area contributed by atoms with Gasteiger partial charge in [0.15, 0.2) is 5.13 Å². The van der Waals surface area contributed by atoms with Crippen LogP contribution in [0.3, 0.4) is 0 Å². The first kappa shape index (κ1) is 27.7. The van der Waals surface area contributed by atoms with Gasteiger partial charge in [-0.2, -0.15) is 0 Å². The fourth-order valence-electron chi connectivity index (χ4n) is 3.37. The second-order valence-corrected chi connectivity index (χ2v) is 8.57. The fourth-order valence-corrected chi connectivity index (χ4v) is 4.20. The van der Waals surface area contributed by atoms with Crippen LogP contribution in [0.1, 0.15) is 54.6 Å². The van der Waals surface area contributed by atoms with E-state index < -0.39 is 0 Å². The molecule has 1 saturated carbocycles. The molecule has 172 valence electrons. The Morgan fingerprint density at radius 3 is 2.48 bits per heavy atom. The Balaban J connectivity index is 0.00000240. The number of hydrogen-bond acceptors (Lipinski definition) is 5. The Morgan fingerprint density at radius 2 is 1.77 bits per heavy atom. The number of amides is 2.